The highest BCUT2D eigenvalue weighted by molar-refractivity contribution is 6.06. The van der Waals surface area contributed by atoms with Gasteiger partial charge in [0.25, 0.3) is 5.91 Å². The molecule has 2 aliphatic rings. The lowest BCUT2D eigenvalue weighted by Gasteiger charge is -2.36. The summed E-state index contributed by atoms with van der Waals surface area (Å²) in [5.41, 5.74) is 3.97. The summed E-state index contributed by atoms with van der Waals surface area (Å²) in [7, 11) is 1.58. The molecule has 132 valence electrons. The number of amides is 2. The Bertz CT molecular complexity index is 919. The van der Waals surface area contributed by atoms with Gasteiger partial charge in [0, 0.05) is 31.1 Å². The average Bonchev–Trinajstić information content (AvgIpc) is 3.07. The number of benzene rings is 2. The van der Waals surface area contributed by atoms with Crippen molar-refractivity contribution in [1.82, 2.24) is 10.2 Å². The molecule has 1 heterocycles. The second kappa shape index (κ2) is 6.41. The predicted molar refractivity (Wildman–Crippen MR) is 97.1 cm³/mol. The van der Waals surface area contributed by atoms with Gasteiger partial charge >= 0.3 is 0 Å². The van der Waals surface area contributed by atoms with Crippen molar-refractivity contribution in [1.29, 1.82) is 0 Å². The molecule has 1 atom stereocenters. The maximum atomic E-state index is 13.3. The molecule has 26 heavy (non-hydrogen) atoms. The number of carbonyl (C=O) groups is 3. The molecule has 1 aliphatic carbocycles. The largest absolute Gasteiger partial charge is 0.357 e. The molecule has 5 nitrogen and oxygen atoms in total. The number of rotatable bonds is 2. The summed E-state index contributed by atoms with van der Waals surface area (Å²) in [5, 5.41) is 2.68. The van der Waals surface area contributed by atoms with Crippen LogP contribution in [0.4, 0.5) is 0 Å². The minimum atomic E-state index is -0.648. The smallest absolute Gasteiger partial charge is 0.255 e. The molecule has 2 aromatic rings. The second-order valence-corrected chi connectivity index (χ2v) is 6.72. The molecule has 2 amide bonds. The van der Waals surface area contributed by atoms with Gasteiger partial charge in [-0.05, 0) is 35.6 Å². The minimum Gasteiger partial charge on any atom is -0.357 e. The summed E-state index contributed by atoms with van der Waals surface area (Å²) >= 11 is 0. The van der Waals surface area contributed by atoms with Gasteiger partial charge in [-0.1, -0.05) is 36.4 Å². The van der Waals surface area contributed by atoms with E-state index in [1.807, 2.05) is 24.3 Å². The molecule has 0 fully saturated rings. The van der Waals surface area contributed by atoms with E-state index in [1.165, 1.54) is 0 Å². The van der Waals surface area contributed by atoms with E-state index in [0.717, 1.165) is 16.7 Å². The fourth-order valence-corrected chi connectivity index (χ4v) is 4.05. The Hall–Kier alpha value is -2.95. The van der Waals surface area contributed by atoms with Crippen LogP contribution in [0.2, 0.25) is 0 Å². The molecule has 0 bridgehead atoms. The number of nitrogens with zero attached hydrogens (tertiary/aromatic N) is 1. The van der Waals surface area contributed by atoms with E-state index in [9.17, 15) is 14.4 Å². The van der Waals surface area contributed by atoms with Crippen LogP contribution in [0.15, 0.2) is 42.5 Å². The molecule has 2 aromatic carbocycles. The summed E-state index contributed by atoms with van der Waals surface area (Å²) in [6, 6.07) is 12.4. The average molecular weight is 348 g/mol. The zero-order valence-corrected chi connectivity index (χ0v) is 14.6. The third kappa shape index (κ3) is 2.51. The van der Waals surface area contributed by atoms with Crippen molar-refractivity contribution in [2.45, 2.75) is 25.3 Å². The van der Waals surface area contributed by atoms with Gasteiger partial charge < -0.3 is 10.2 Å². The van der Waals surface area contributed by atoms with Gasteiger partial charge in [0.05, 0.1) is 0 Å². The fourth-order valence-electron chi connectivity index (χ4n) is 4.05. The van der Waals surface area contributed by atoms with E-state index < -0.39 is 6.04 Å². The molecule has 5 heteroatoms. The molecule has 4 rings (SSSR count). The van der Waals surface area contributed by atoms with Crippen LogP contribution in [-0.2, 0) is 17.6 Å². The van der Waals surface area contributed by atoms with Gasteiger partial charge in [0.1, 0.15) is 6.04 Å². The molecule has 0 spiro atoms. The van der Waals surface area contributed by atoms with Crippen molar-refractivity contribution < 1.29 is 14.4 Å². The van der Waals surface area contributed by atoms with Crippen molar-refractivity contribution in [2.75, 3.05) is 13.6 Å². The first-order chi connectivity index (χ1) is 12.6. The van der Waals surface area contributed by atoms with Crippen LogP contribution in [0.25, 0.3) is 0 Å². The van der Waals surface area contributed by atoms with Crippen molar-refractivity contribution in [3.8, 4) is 0 Å². The number of Topliss-reactive ketones (excluding diaryl/α,β-unsaturated/α-hetero) is 1. The third-order valence-electron chi connectivity index (χ3n) is 5.35. The Balaban J connectivity index is 1.77. The molecular weight excluding hydrogens is 328 g/mol. The second-order valence-electron chi connectivity index (χ2n) is 6.72. The molecule has 0 saturated heterocycles. The number of nitrogens with one attached hydrogen (secondary N) is 1. The number of likely N-dealkylation sites (N-methyl/N-ethyl adjacent to an activating group) is 1. The van der Waals surface area contributed by atoms with Gasteiger partial charge in [0.2, 0.25) is 5.91 Å². The lowest BCUT2D eigenvalue weighted by Crippen LogP contribution is -2.46. The van der Waals surface area contributed by atoms with Crippen LogP contribution in [-0.4, -0.2) is 36.1 Å². The molecule has 0 aromatic heterocycles. The van der Waals surface area contributed by atoms with E-state index in [0.29, 0.717) is 36.9 Å². The highest BCUT2D eigenvalue weighted by Crippen LogP contribution is 2.33. The van der Waals surface area contributed by atoms with E-state index in [4.69, 9.17) is 0 Å². The Morgan fingerprint density at radius 2 is 1.85 bits per heavy atom. The number of ketones is 1. The number of fused-ring (bicyclic) bond motifs is 2. The van der Waals surface area contributed by atoms with Gasteiger partial charge in [-0.15, -0.1) is 0 Å². The summed E-state index contributed by atoms with van der Waals surface area (Å²) in [5.74, 6) is -0.296. The van der Waals surface area contributed by atoms with E-state index >= 15 is 0 Å². The van der Waals surface area contributed by atoms with Crippen LogP contribution < -0.4 is 5.32 Å². The Morgan fingerprint density at radius 3 is 2.65 bits per heavy atom. The van der Waals surface area contributed by atoms with E-state index in [1.54, 1.807) is 30.1 Å². The molecule has 1 unspecified atom stereocenters. The first-order valence-electron chi connectivity index (χ1n) is 8.87. The quantitative estimate of drug-likeness (QED) is 0.906. The van der Waals surface area contributed by atoms with Gasteiger partial charge in [0.15, 0.2) is 5.78 Å². The van der Waals surface area contributed by atoms with Crippen molar-refractivity contribution in [3.63, 3.8) is 0 Å². The summed E-state index contributed by atoms with van der Waals surface area (Å²) in [4.78, 5) is 39.6. The van der Waals surface area contributed by atoms with Crippen molar-refractivity contribution in [2.24, 2.45) is 0 Å². The number of hydrogen-bond donors (Lipinski definition) is 1. The highest BCUT2D eigenvalue weighted by Gasteiger charge is 2.37. The fraction of sp³-hybridized carbons (Fsp3) is 0.286. The normalized spacial score (nSPS) is 18.3. The lowest BCUT2D eigenvalue weighted by molar-refractivity contribution is -0.125. The van der Waals surface area contributed by atoms with Crippen LogP contribution in [0.1, 0.15) is 49.9 Å². The molecule has 0 saturated carbocycles. The summed E-state index contributed by atoms with van der Waals surface area (Å²) in [6.45, 7) is 0.478. The Labute approximate surface area is 152 Å². The van der Waals surface area contributed by atoms with E-state index in [2.05, 4.69) is 5.32 Å². The number of hydrogen-bond acceptors (Lipinski definition) is 3. The van der Waals surface area contributed by atoms with E-state index in [-0.39, 0.29) is 17.6 Å². The van der Waals surface area contributed by atoms with Gasteiger partial charge in [-0.2, -0.15) is 0 Å². The molecule has 1 N–H and O–H groups in total. The van der Waals surface area contributed by atoms with Crippen LogP contribution in [0.5, 0.6) is 0 Å². The monoisotopic (exact) mass is 348 g/mol. The predicted octanol–water partition coefficient (Wildman–Crippen LogP) is 2.30. The molecular formula is C21H20N2O3. The third-order valence-corrected chi connectivity index (χ3v) is 5.35. The summed E-state index contributed by atoms with van der Waals surface area (Å²) < 4.78 is 0. The lowest BCUT2D eigenvalue weighted by atomic mass is 9.90. The first kappa shape index (κ1) is 16.5. The zero-order valence-electron chi connectivity index (χ0n) is 14.6. The Kier molecular flexibility index (Phi) is 4.07. The van der Waals surface area contributed by atoms with Gasteiger partial charge in [-0.3, -0.25) is 14.4 Å². The van der Waals surface area contributed by atoms with Gasteiger partial charge in [-0.25, -0.2) is 0 Å². The first-order valence-corrected chi connectivity index (χ1v) is 8.87. The maximum absolute atomic E-state index is 13.3. The molecule has 1 aliphatic heterocycles. The SMILES string of the molecule is CNC(=O)C1c2ccccc2CCN1C(=O)c1cccc2c1CCC2=O. The van der Waals surface area contributed by atoms with Crippen molar-refractivity contribution in [3.05, 3.63) is 70.3 Å². The number of carbonyl (C=O) groups excluding carboxylic acids is 3. The van der Waals surface area contributed by atoms with Crippen molar-refractivity contribution >= 4 is 17.6 Å². The maximum Gasteiger partial charge on any atom is 0.255 e. The van der Waals surface area contributed by atoms with Crippen LogP contribution >= 0.6 is 0 Å². The zero-order chi connectivity index (χ0) is 18.3. The topological polar surface area (TPSA) is 66.5 Å². The highest BCUT2D eigenvalue weighted by atomic mass is 16.2. The van der Waals surface area contributed by atoms with Crippen LogP contribution in [0, 0.1) is 0 Å². The van der Waals surface area contributed by atoms with Crippen LogP contribution in [0.3, 0.4) is 0 Å². The Morgan fingerprint density at radius 1 is 1.04 bits per heavy atom. The minimum absolute atomic E-state index is 0.0847. The molecule has 0 radical (unpaired) electrons. The standard InChI is InChI=1S/C21H20N2O3/c1-22-20(25)19-14-6-3-2-5-13(14)11-12-23(19)21(26)17-8-4-7-16-15(17)9-10-18(16)24/h2-8,19H,9-12H2,1H3,(H,22,25). The summed E-state index contributed by atoms with van der Waals surface area (Å²) in [6.07, 6.45) is 1.75.